The van der Waals surface area contributed by atoms with Crippen LogP contribution in [0.25, 0.3) is 0 Å². The molecule has 27 heavy (non-hydrogen) atoms. The highest BCUT2D eigenvalue weighted by Gasteiger charge is 2.22. The lowest BCUT2D eigenvalue weighted by Crippen LogP contribution is -2.03. The Bertz CT molecular complexity index is 942. The van der Waals surface area contributed by atoms with Gasteiger partial charge in [0.05, 0.1) is 5.92 Å². The average Bonchev–Trinajstić information content (AvgIpc) is 3.18. The minimum atomic E-state index is -0.0615. The van der Waals surface area contributed by atoms with Crippen LogP contribution in [0.4, 0.5) is 0 Å². The van der Waals surface area contributed by atoms with Crippen molar-refractivity contribution < 1.29 is 4.42 Å². The lowest BCUT2D eigenvalue weighted by atomic mass is 9.91. The van der Waals surface area contributed by atoms with Crippen molar-refractivity contribution in [3.63, 3.8) is 0 Å². The maximum atomic E-state index is 6.04. The van der Waals surface area contributed by atoms with Crippen LogP contribution in [0.1, 0.15) is 34.1 Å². The molecule has 0 aliphatic heterocycles. The Balaban J connectivity index is 1.57. The fraction of sp³-hybridized carbons (Fsp3) is 0.130. The number of hydrogen-bond donors (Lipinski definition) is 0. The highest BCUT2D eigenvalue weighted by molar-refractivity contribution is 7.98. The number of benzene rings is 3. The van der Waals surface area contributed by atoms with Crippen molar-refractivity contribution in [2.45, 2.75) is 23.8 Å². The highest BCUT2D eigenvalue weighted by atomic mass is 32.2. The van der Waals surface area contributed by atoms with Crippen molar-refractivity contribution in [2.75, 3.05) is 0 Å². The van der Waals surface area contributed by atoms with Crippen LogP contribution in [0.3, 0.4) is 0 Å². The van der Waals surface area contributed by atoms with Gasteiger partial charge in [0.15, 0.2) is 0 Å². The fourth-order valence-corrected chi connectivity index (χ4v) is 3.72. The van der Waals surface area contributed by atoms with Crippen LogP contribution < -0.4 is 0 Å². The zero-order chi connectivity index (χ0) is 18.5. The quantitative estimate of drug-likeness (QED) is 0.398. The Kier molecular flexibility index (Phi) is 5.35. The van der Waals surface area contributed by atoms with Crippen molar-refractivity contribution in [3.8, 4) is 0 Å². The van der Waals surface area contributed by atoms with Gasteiger partial charge in [0, 0.05) is 5.75 Å². The predicted molar refractivity (Wildman–Crippen MR) is 109 cm³/mol. The second-order valence-corrected chi connectivity index (χ2v) is 7.36. The van der Waals surface area contributed by atoms with Crippen molar-refractivity contribution in [1.29, 1.82) is 0 Å². The first-order valence-corrected chi connectivity index (χ1v) is 9.90. The highest BCUT2D eigenvalue weighted by Crippen LogP contribution is 2.32. The second kappa shape index (κ2) is 8.23. The minimum Gasteiger partial charge on any atom is -0.415 e. The zero-order valence-corrected chi connectivity index (χ0v) is 15.9. The summed E-state index contributed by atoms with van der Waals surface area (Å²) in [6, 6.07) is 29.1. The van der Waals surface area contributed by atoms with Gasteiger partial charge in [-0.1, -0.05) is 102 Å². The van der Waals surface area contributed by atoms with E-state index in [1.807, 2.05) is 36.4 Å². The molecule has 0 N–H and O–H groups in total. The van der Waals surface area contributed by atoms with Gasteiger partial charge in [-0.2, -0.15) is 0 Å². The van der Waals surface area contributed by atoms with E-state index in [9.17, 15) is 0 Å². The predicted octanol–water partition coefficient (Wildman–Crippen LogP) is 5.85. The van der Waals surface area contributed by atoms with E-state index in [2.05, 4.69) is 65.7 Å². The molecule has 0 aliphatic rings. The summed E-state index contributed by atoms with van der Waals surface area (Å²) in [5.74, 6) is 1.37. The number of nitrogens with zero attached hydrogens (tertiary/aromatic N) is 2. The summed E-state index contributed by atoms with van der Waals surface area (Å²) >= 11 is 1.57. The monoisotopic (exact) mass is 372 g/mol. The van der Waals surface area contributed by atoms with Gasteiger partial charge in [-0.25, -0.2) is 0 Å². The van der Waals surface area contributed by atoms with Gasteiger partial charge in [0.25, 0.3) is 5.22 Å². The molecule has 4 heteroatoms. The largest absolute Gasteiger partial charge is 0.415 e. The van der Waals surface area contributed by atoms with Crippen molar-refractivity contribution in [2.24, 2.45) is 0 Å². The molecule has 134 valence electrons. The normalized spacial score (nSPS) is 11.0. The molecule has 4 rings (SSSR count). The smallest absolute Gasteiger partial charge is 0.276 e. The lowest BCUT2D eigenvalue weighted by molar-refractivity contribution is 0.409. The summed E-state index contributed by atoms with van der Waals surface area (Å²) in [6.45, 7) is 2.09. The Morgan fingerprint density at radius 2 is 1.37 bits per heavy atom. The standard InChI is InChI=1S/C23H20N2OS/c1-17-12-14-18(15-13-17)16-27-23-25-24-22(26-23)21(19-8-4-2-5-9-19)20-10-6-3-7-11-20/h2-15,21H,16H2,1H3. The summed E-state index contributed by atoms with van der Waals surface area (Å²) < 4.78 is 6.04. The van der Waals surface area contributed by atoms with Crippen LogP contribution in [-0.2, 0) is 5.75 Å². The van der Waals surface area contributed by atoms with Crippen LogP contribution in [0.5, 0.6) is 0 Å². The molecule has 0 saturated heterocycles. The summed E-state index contributed by atoms with van der Waals surface area (Å²) in [5, 5.41) is 9.22. The Morgan fingerprint density at radius 1 is 0.778 bits per heavy atom. The first-order valence-electron chi connectivity index (χ1n) is 8.91. The molecule has 3 nitrogen and oxygen atoms in total. The number of aromatic nitrogens is 2. The van der Waals surface area contributed by atoms with E-state index in [-0.39, 0.29) is 5.92 Å². The topological polar surface area (TPSA) is 38.9 Å². The van der Waals surface area contributed by atoms with Crippen LogP contribution in [0, 0.1) is 6.92 Å². The van der Waals surface area contributed by atoms with E-state index in [0.29, 0.717) is 11.1 Å². The van der Waals surface area contributed by atoms with Gasteiger partial charge in [-0.15, -0.1) is 10.2 Å². The Morgan fingerprint density at radius 3 is 1.96 bits per heavy atom. The van der Waals surface area contributed by atoms with Crippen molar-refractivity contribution >= 4 is 11.8 Å². The molecule has 0 amide bonds. The van der Waals surface area contributed by atoms with Crippen LogP contribution in [-0.4, -0.2) is 10.2 Å². The molecule has 4 aromatic rings. The molecular weight excluding hydrogens is 352 g/mol. The summed E-state index contributed by atoms with van der Waals surface area (Å²) in [7, 11) is 0. The zero-order valence-electron chi connectivity index (χ0n) is 15.1. The van der Waals surface area contributed by atoms with Crippen molar-refractivity contribution in [1.82, 2.24) is 10.2 Å². The van der Waals surface area contributed by atoms with E-state index >= 15 is 0 Å². The summed E-state index contributed by atoms with van der Waals surface area (Å²) in [4.78, 5) is 0. The minimum absolute atomic E-state index is 0.0615. The third-order valence-electron chi connectivity index (χ3n) is 4.42. The molecule has 0 unspecified atom stereocenters. The van der Waals surface area contributed by atoms with Crippen LogP contribution in [0.15, 0.2) is 94.6 Å². The maximum Gasteiger partial charge on any atom is 0.276 e. The SMILES string of the molecule is Cc1ccc(CSc2nnc(C(c3ccccc3)c3ccccc3)o2)cc1. The number of thioether (sulfide) groups is 1. The van der Waals surface area contributed by atoms with E-state index in [1.165, 1.54) is 11.1 Å². The Hall–Kier alpha value is -2.85. The summed E-state index contributed by atoms with van der Waals surface area (Å²) in [6.07, 6.45) is 0. The second-order valence-electron chi connectivity index (χ2n) is 6.43. The summed E-state index contributed by atoms with van der Waals surface area (Å²) in [5.41, 5.74) is 4.79. The third kappa shape index (κ3) is 4.29. The fourth-order valence-electron chi connectivity index (χ4n) is 2.99. The molecule has 0 saturated carbocycles. The van der Waals surface area contributed by atoms with E-state index in [4.69, 9.17) is 4.42 Å². The molecule has 0 atom stereocenters. The molecular formula is C23H20N2OS. The van der Waals surface area contributed by atoms with E-state index < -0.39 is 0 Å². The first-order chi connectivity index (χ1) is 13.3. The van der Waals surface area contributed by atoms with Gasteiger partial charge in [-0.05, 0) is 23.6 Å². The number of hydrogen-bond acceptors (Lipinski definition) is 4. The molecule has 0 spiro atoms. The van der Waals surface area contributed by atoms with E-state index in [1.54, 1.807) is 11.8 Å². The molecule has 0 fully saturated rings. The molecule has 1 heterocycles. The molecule has 3 aromatic carbocycles. The van der Waals surface area contributed by atoms with Gasteiger partial charge < -0.3 is 4.42 Å². The molecule has 1 aromatic heterocycles. The molecule has 0 aliphatic carbocycles. The van der Waals surface area contributed by atoms with E-state index in [0.717, 1.165) is 16.9 Å². The molecule has 0 radical (unpaired) electrons. The average molecular weight is 372 g/mol. The lowest BCUT2D eigenvalue weighted by Gasteiger charge is -2.13. The van der Waals surface area contributed by atoms with Gasteiger partial charge in [0.1, 0.15) is 0 Å². The Labute approximate surface area is 163 Å². The first kappa shape index (κ1) is 17.6. The number of rotatable bonds is 6. The maximum absolute atomic E-state index is 6.04. The van der Waals surface area contributed by atoms with Gasteiger partial charge >= 0.3 is 0 Å². The third-order valence-corrected chi connectivity index (χ3v) is 5.31. The number of aryl methyl sites for hydroxylation is 1. The van der Waals surface area contributed by atoms with Gasteiger partial charge in [0.2, 0.25) is 5.89 Å². The van der Waals surface area contributed by atoms with Crippen LogP contribution >= 0.6 is 11.8 Å². The molecule has 0 bridgehead atoms. The van der Waals surface area contributed by atoms with Crippen molar-refractivity contribution in [3.05, 3.63) is 113 Å². The van der Waals surface area contributed by atoms with Gasteiger partial charge in [-0.3, -0.25) is 0 Å². The van der Waals surface area contributed by atoms with Crippen LogP contribution in [0.2, 0.25) is 0 Å².